The van der Waals surface area contributed by atoms with Crippen LogP contribution in [0.15, 0.2) is 60.7 Å². The van der Waals surface area contributed by atoms with E-state index in [0.29, 0.717) is 12.3 Å². The van der Waals surface area contributed by atoms with E-state index in [-0.39, 0.29) is 23.6 Å². The molecule has 0 bridgehead atoms. The van der Waals surface area contributed by atoms with Crippen LogP contribution in [0.5, 0.6) is 5.75 Å². The summed E-state index contributed by atoms with van der Waals surface area (Å²) in [6.45, 7) is 8.20. The number of aromatic nitrogens is 2. The number of rotatable bonds is 5. The second-order valence-electron chi connectivity index (χ2n) is 8.77. The molecule has 1 aliphatic rings. The fraction of sp³-hybridized carbons (Fsp3) is 0.308. The van der Waals surface area contributed by atoms with Crippen molar-refractivity contribution in [3.05, 3.63) is 83.4 Å². The van der Waals surface area contributed by atoms with Gasteiger partial charge in [0.15, 0.2) is 5.76 Å². The van der Waals surface area contributed by atoms with Crippen LogP contribution in [-0.4, -0.2) is 40.1 Å². The molecule has 7 heteroatoms. The molecule has 1 aliphatic heterocycles. The maximum absolute atomic E-state index is 13.4. The molecule has 2 aromatic carbocycles. The van der Waals surface area contributed by atoms with Crippen LogP contribution < -0.4 is 4.74 Å². The van der Waals surface area contributed by atoms with Gasteiger partial charge in [-0.25, -0.2) is 9.37 Å². The molecule has 0 saturated carbocycles. The van der Waals surface area contributed by atoms with Gasteiger partial charge in [0.25, 0.3) is 5.91 Å². The van der Waals surface area contributed by atoms with Crippen LogP contribution in [0.2, 0.25) is 0 Å². The molecule has 0 aliphatic carbocycles. The smallest absolute Gasteiger partial charge is 0.289 e. The largest absolute Gasteiger partial charge is 0.495 e. The number of carbonyl (C=O) groups excluding carboxylic acids is 1. The van der Waals surface area contributed by atoms with Crippen LogP contribution in [0.25, 0.3) is 11.8 Å². The summed E-state index contributed by atoms with van der Waals surface area (Å²) in [6.07, 6.45) is 5.19. The minimum atomic E-state index is -0.636. The van der Waals surface area contributed by atoms with Crippen molar-refractivity contribution in [1.82, 2.24) is 14.5 Å². The summed E-state index contributed by atoms with van der Waals surface area (Å²) in [4.78, 5) is 19.5. The van der Waals surface area contributed by atoms with Crippen molar-refractivity contribution in [2.45, 2.75) is 39.3 Å². The fourth-order valence-corrected chi connectivity index (χ4v) is 4.07. The van der Waals surface area contributed by atoms with Gasteiger partial charge in [-0.15, -0.1) is 0 Å². The summed E-state index contributed by atoms with van der Waals surface area (Å²) in [5.74, 6) is 0.398. The first-order valence-corrected chi connectivity index (χ1v) is 10.8. The molecule has 0 radical (unpaired) electrons. The number of amides is 1. The lowest BCUT2D eigenvalue weighted by Crippen LogP contribution is -2.53. The molecule has 0 unspecified atom stereocenters. The maximum Gasteiger partial charge on any atom is 0.289 e. The SMILES string of the molecule is COc1cc(C=C2O[C@@H](C)CN(C(C)(C)c3ccc(F)cc3)C2=O)ccc1-n1cnc(C)c1. The van der Waals surface area contributed by atoms with Crippen LogP contribution in [0.3, 0.4) is 0 Å². The molecule has 1 amide bonds. The van der Waals surface area contributed by atoms with Gasteiger partial charge < -0.3 is 18.9 Å². The molecule has 172 valence electrons. The third-order valence-electron chi connectivity index (χ3n) is 5.94. The molecule has 4 rings (SSSR count). The Kier molecular flexibility index (Phi) is 5.97. The maximum atomic E-state index is 13.4. The van der Waals surface area contributed by atoms with E-state index >= 15 is 0 Å². The summed E-state index contributed by atoms with van der Waals surface area (Å²) in [7, 11) is 1.61. The van der Waals surface area contributed by atoms with Gasteiger partial charge in [-0.3, -0.25) is 4.79 Å². The lowest BCUT2D eigenvalue weighted by Gasteiger charge is -2.43. The fourth-order valence-electron chi connectivity index (χ4n) is 4.07. The van der Waals surface area contributed by atoms with Gasteiger partial charge in [-0.2, -0.15) is 0 Å². The topological polar surface area (TPSA) is 56.6 Å². The van der Waals surface area contributed by atoms with Gasteiger partial charge in [0, 0.05) is 6.20 Å². The number of methoxy groups -OCH3 is 1. The number of morpholine rings is 1. The molecule has 1 atom stereocenters. The monoisotopic (exact) mass is 449 g/mol. The highest BCUT2D eigenvalue weighted by molar-refractivity contribution is 5.97. The molecule has 0 N–H and O–H groups in total. The first-order chi connectivity index (χ1) is 15.7. The highest BCUT2D eigenvalue weighted by atomic mass is 19.1. The number of benzene rings is 2. The second kappa shape index (κ2) is 8.73. The molecule has 3 aromatic rings. The average molecular weight is 450 g/mol. The molecule has 1 saturated heterocycles. The van der Waals surface area contributed by atoms with Crippen molar-refractivity contribution in [2.24, 2.45) is 0 Å². The van der Waals surface area contributed by atoms with Gasteiger partial charge >= 0.3 is 0 Å². The zero-order valence-corrected chi connectivity index (χ0v) is 19.5. The Balaban J connectivity index is 1.66. The van der Waals surface area contributed by atoms with Crippen LogP contribution in [-0.2, 0) is 15.1 Å². The van der Waals surface area contributed by atoms with E-state index in [1.165, 1.54) is 12.1 Å². The van der Waals surface area contributed by atoms with E-state index in [2.05, 4.69) is 4.98 Å². The highest BCUT2D eigenvalue weighted by Crippen LogP contribution is 2.34. The normalized spacial score (nSPS) is 17.9. The van der Waals surface area contributed by atoms with E-state index in [9.17, 15) is 9.18 Å². The zero-order valence-electron chi connectivity index (χ0n) is 19.5. The number of aryl methyl sites for hydroxylation is 1. The van der Waals surface area contributed by atoms with Crippen LogP contribution in [0, 0.1) is 12.7 Å². The quantitative estimate of drug-likeness (QED) is 0.523. The standard InChI is InChI=1S/C26H28FN3O3/c1-17-14-29(16-28-17)22-11-6-19(12-23(22)32-5)13-24-25(31)30(15-18(2)33-24)26(3,4)20-7-9-21(27)10-8-20/h6-14,16,18H,15H2,1-5H3/t18-/m0/s1. The predicted molar refractivity (Wildman–Crippen MR) is 125 cm³/mol. The number of halogens is 1. The van der Waals surface area contributed by atoms with E-state index in [4.69, 9.17) is 9.47 Å². The molecular formula is C26H28FN3O3. The van der Waals surface area contributed by atoms with Crippen molar-refractivity contribution >= 4 is 12.0 Å². The first kappa shape index (κ1) is 22.6. The van der Waals surface area contributed by atoms with Crippen molar-refractivity contribution in [3.63, 3.8) is 0 Å². The molecular weight excluding hydrogens is 421 g/mol. The van der Waals surface area contributed by atoms with Gasteiger partial charge in [-0.05, 0) is 69.2 Å². The Morgan fingerprint density at radius 1 is 1.21 bits per heavy atom. The van der Waals surface area contributed by atoms with Crippen LogP contribution >= 0.6 is 0 Å². The summed E-state index contributed by atoms with van der Waals surface area (Å²) < 4.78 is 26.8. The molecule has 33 heavy (non-hydrogen) atoms. The Morgan fingerprint density at radius 3 is 2.58 bits per heavy atom. The third kappa shape index (κ3) is 4.49. The number of nitrogens with zero attached hydrogens (tertiary/aromatic N) is 3. The van der Waals surface area contributed by atoms with Crippen LogP contribution in [0.1, 0.15) is 37.6 Å². The molecule has 6 nitrogen and oxygen atoms in total. The minimum absolute atomic E-state index is 0.191. The van der Waals surface area contributed by atoms with Crippen molar-refractivity contribution < 1.29 is 18.7 Å². The van der Waals surface area contributed by atoms with E-state index in [1.807, 2.05) is 56.7 Å². The summed E-state index contributed by atoms with van der Waals surface area (Å²) in [5.41, 5.74) is 2.76. The van der Waals surface area contributed by atoms with Gasteiger partial charge in [-0.1, -0.05) is 18.2 Å². The highest BCUT2D eigenvalue weighted by Gasteiger charge is 2.39. The number of imidazole rings is 1. The van der Waals surface area contributed by atoms with Crippen molar-refractivity contribution in [2.75, 3.05) is 13.7 Å². The molecule has 1 aromatic heterocycles. The van der Waals surface area contributed by atoms with E-state index in [0.717, 1.165) is 22.5 Å². The third-order valence-corrected chi connectivity index (χ3v) is 5.94. The van der Waals surface area contributed by atoms with Gasteiger partial charge in [0.05, 0.1) is 36.9 Å². The number of hydrogen-bond acceptors (Lipinski definition) is 4. The lowest BCUT2D eigenvalue weighted by atomic mass is 9.91. The zero-order chi connectivity index (χ0) is 23.8. The average Bonchev–Trinajstić information content (AvgIpc) is 3.22. The van der Waals surface area contributed by atoms with Crippen molar-refractivity contribution in [3.8, 4) is 11.4 Å². The second-order valence-corrected chi connectivity index (χ2v) is 8.77. The molecule has 2 heterocycles. The van der Waals surface area contributed by atoms with E-state index in [1.54, 1.807) is 36.5 Å². The first-order valence-electron chi connectivity index (χ1n) is 10.8. The number of hydrogen-bond donors (Lipinski definition) is 0. The van der Waals surface area contributed by atoms with Crippen LogP contribution in [0.4, 0.5) is 4.39 Å². The number of ether oxygens (including phenoxy) is 2. The van der Waals surface area contributed by atoms with E-state index < -0.39 is 5.54 Å². The number of carbonyl (C=O) groups is 1. The van der Waals surface area contributed by atoms with Crippen molar-refractivity contribution in [1.29, 1.82) is 0 Å². The Labute approximate surface area is 193 Å². The summed E-state index contributed by atoms with van der Waals surface area (Å²) >= 11 is 0. The Morgan fingerprint density at radius 2 is 1.94 bits per heavy atom. The lowest BCUT2D eigenvalue weighted by molar-refractivity contribution is -0.146. The Hall–Kier alpha value is -3.61. The minimum Gasteiger partial charge on any atom is -0.495 e. The van der Waals surface area contributed by atoms with Gasteiger partial charge in [0.2, 0.25) is 0 Å². The summed E-state index contributed by atoms with van der Waals surface area (Å²) in [6, 6.07) is 12.0. The summed E-state index contributed by atoms with van der Waals surface area (Å²) in [5, 5.41) is 0. The molecule has 0 spiro atoms. The molecule has 1 fully saturated rings. The Bertz CT molecular complexity index is 1200. The van der Waals surface area contributed by atoms with Gasteiger partial charge in [0.1, 0.15) is 17.7 Å². The predicted octanol–water partition coefficient (Wildman–Crippen LogP) is 4.85.